The third-order valence-electron chi connectivity index (χ3n) is 5.97. The Labute approximate surface area is 154 Å². The SMILES string of the molecule is CC1CC1C(=O)N1Cc2ccnn2C(CC(=O)NCC2CCOCC2)C1. The van der Waals surface area contributed by atoms with Crippen LogP contribution in [-0.4, -0.2) is 52.8 Å². The van der Waals surface area contributed by atoms with Gasteiger partial charge in [-0.2, -0.15) is 5.10 Å². The van der Waals surface area contributed by atoms with Gasteiger partial charge >= 0.3 is 0 Å². The number of carbonyl (C=O) groups excluding carboxylic acids is 2. The Balaban J connectivity index is 1.35. The lowest BCUT2D eigenvalue weighted by molar-refractivity contribution is -0.136. The highest BCUT2D eigenvalue weighted by Crippen LogP contribution is 2.40. The van der Waals surface area contributed by atoms with Crippen LogP contribution in [-0.2, 0) is 20.9 Å². The lowest BCUT2D eigenvalue weighted by Gasteiger charge is -2.34. The number of nitrogens with one attached hydrogen (secondary N) is 1. The summed E-state index contributed by atoms with van der Waals surface area (Å²) in [7, 11) is 0. The summed E-state index contributed by atoms with van der Waals surface area (Å²) in [4.78, 5) is 27.0. The maximum absolute atomic E-state index is 12.6. The lowest BCUT2D eigenvalue weighted by Crippen LogP contribution is -2.44. The van der Waals surface area contributed by atoms with Gasteiger partial charge in [0.15, 0.2) is 0 Å². The first-order valence-electron chi connectivity index (χ1n) is 9.77. The van der Waals surface area contributed by atoms with Crippen LogP contribution in [0, 0.1) is 17.8 Å². The zero-order chi connectivity index (χ0) is 18.1. The monoisotopic (exact) mass is 360 g/mol. The molecule has 2 fully saturated rings. The van der Waals surface area contributed by atoms with Crippen LogP contribution in [0.5, 0.6) is 0 Å². The van der Waals surface area contributed by atoms with E-state index in [1.165, 1.54) is 0 Å². The largest absolute Gasteiger partial charge is 0.381 e. The number of rotatable bonds is 5. The predicted octanol–water partition coefficient (Wildman–Crippen LogP) is 1.36. The molecule has 7 heteroatoms. The molecule has 0 aromatic carbocycles. The summed E-state index contributed by atoms with van der Waals surface area (Å²) in [5, 5.41) is 7.46. The summed E-state index contributed by atoms with van der Waals surface area (Å²) >= 11 is 0. The highest BCUT2D eigenvalue weighted by Gasteiger charge is 2.43. The number of aromatic nitrogens is 2. The first-order valence-corrected chi connectivity index (χ1v) is 9.77. The fourth-order valence-electron chi connectivity index (χ4n) is 4.10. The molecule has 0 bridgehead atoms. The Morgan fingerprint density at radius 3 is 2.85 bits per heavy atom. The van der Waals surface area contributed by atoms with Crippen LogP contribution in [0.4, 0.5) is 0 Å². The zero-order valence-electron chi connectivity index (χ0n) is 15.4. The standard InChI is InChI=1S/C19H28N4O3/c1-13-8-17(13)19(25)22-11-15-2-5-21-23(15)16(12-22)9-18(24)20-10-14-3-6-26-7-4-14/h2,5,13-14,16-17H,3-4,6-12H2,1H3,(H,20,24). The summed E-state index contributed by atoms with van der Waals surface area (Å²) < 4.78 is 7.29. The number of amides is 2. The molecule has 0 radical (unpaired) electrons. The second-order valence-corrected chi connectivity index (χ2v) is 8.02. The second kappa shape index (κ2) is 7.39. The van der Waals surface area contributed by atoms with E-state index in [0.717, 1.165) is 38.2 Å². The van der Waals surface area contributed by atoms with Crippen LogP contribution in [0.3, 0.4) is 0 Å². The first-order chi connectivity index (χ1) is 12.6. The molecule has 1 saturated heterocycles. The Hall–Kier alpha value is -1.89. The molecule has 3 aliphatic rings. The minimum absolute atomic E-state index is 0.0389. The van der Waals surface area contributed by atoms with Crippen molar-refractivity contribution >= 4 is 11.8 Å². The van der Waals surface area contributed by atoms with Crippen LogP contribution in [0.15, 0.2) is 12.3 Å². The third kappa shape index (κ3) is 3.77. The molecule has 0 spiro atoms. The van der Waals surface area contributed by atoms with Crippen LogP contribution in [0.25, 0.3) is 0 Å². The van der Waals surface area contributed by atoms with Gasteiger partial charge in [-0.3, -0.25) is 14.3 Å². The van der Waals surface area contributed by atoms with Crippen molar-refractivity contribution in [3.05, 3.63) is 18.0 Å². The molecule has 3 unspecified atom stereocenters. The number of fused-ring (bicyclic) bond motifs is 1. The molecular weight excluding hydrogens is 332 g/mol. The highest BCUT2D eigenvalue weighted by molar-refractivity contribution is 5.82. The molecule has 2 aliphatic heterocycles. The molecule has 3 heterocycles. The van der Waals surface area contributed by atoms with E-state index in [1.807, 2.05) is 15.6 Å². The van der Waals surface area contributed by atoms with E-state index in [-0.39, 0.29) is 23.8 Å². The van der Waals surface area contributed by atoms with Crippen molar-refractivity contribution in [1.29, 1.82) is 0 Å². The smallest absolute Gasteiger partial charge is 0.226 e. The molecule has 1 aliphatic carbocycles. The normalized spacial score (nSPS) is 28.5. The van der Waals surface area contributed by atoms with Gasteiger partial charge in [-0.05, 0) is 37.2 Å². The van der Waals surface area contributed by atoms with Crippen LogP contribution in [0.2, 0.25) is 0 Å². The van der Waals surface area contributed by atoms with Crippen molar-refractivity contribution < 1.29 is 14.3 Å². The van der Waals surface area contributed by atoms with E-state index < -0.39 is 0 Å². The van der Waals surface area contributed by atoms with Gasteiger partial charge in [-0.1, -0.05) is 6.92 Å². The topological polar surface area (TPSA) is 76.5 Å². The summed E-state index contributed by atoms with van der Waals surface area (Å²) in [5.41, 5.74) is 1.01. The second-order valence-electron chi connectivity index (χ2n) is 8.02. The summed E-state index contributed by atoms with van der Waals surface area (Å²) in [6.45, 7) is 5.58. The van der Waals surface area contributed by atoms with Gasteiger partial charge in [0.25, 0.3) is 0 Å². The molecule has 26 heavy (non-hydrogen) atoms. The third-order valence-corrected chi connectivity index (χ3v) is 5.97. The fraction of sp³-hybridized carbons (Fsp3) is 0.737. The maximum atomic E-state index is 12.6. The Morgan fingerprint density at radius 1 is 1.35 bits per heavy atom. The number of carbonyl (C=O) groups is 2. The van der Waals surface area contributed by atoms with Gasteiger partial charge in [0.2, 0.25) is 11.8 Å². The van der Waals surface area contributed by atoms with Gasteiger partial charge in [0.05, 0.1) is 24.7 Å². The molecule has 1 N–H and O–H groups in total. The number of ether oxygens (including phenoxy) is 1. The number of hydrogen-bond acceptors (Lipinski definition) is 4. The Morgan fingerprint density at radius 2 is 2.12 bits per heavy atom. The van der Waals surface area contributed by atoms with E-state index in [0.29, 0.717) is 37.9 Å². The van der Waals surface area contributed by atoms with Crippen LogP contribution >= 0.6 is 0 Å². The van der Waals surface area contributed by atoms with Crippen molar-refractivity contribution in [3.8, 4) is 0 Å². The number of hydrogen-bond donors (Lipinski definition) is 1. The average molecular weight is 360 g/mol. The van der Waals surface area contributed by atoms with Gasteiger partial charge < -0.3 is 15.0 Å². The van der Waals surface area contributed by atoms with E-state index in [2.05, 4.69) is 17.3 Å². The molecule has 7 nitrogen and oxygen atoms in total. The molecule has 4 rings (SSSR count). The Kier molecular flexibility index (Phi) is 4.98. The van der Waals surface area contributed by atoms with E-state index in [9.17, 15) is 9.59 Å². The summed E-state index contributed by atoms with van der Waals surface area (Å²) in [5.74, 6) is 1.45. The van der Waals surface area contributed by atoms with E-state index in [4.69, 9.17) is 4.74 Å². The fourth-order valence-corrected chi connectivity index (χ4v) is 4.10. The Bertz CT molecular complexity index is 667. The summed E-state index contributed by atoms with van der Waals surface area (Å²) in [6.07, 6.45) is 5.13. The summed E-state index contributed by atoms with van der Waals surface area (Å²) in [6, 6.07) is 1.87. The first kappa shape index (κ1) is 17.5. The molecule has 1 aromatic rings. The molecule has 142 valence electrons. The molecule has 3 atom stereocenters. The molecule has 1 saturated carbocycles. The molecule has 1 aromatic heterocycles. The van der Waals surface area contributed by atoms with Crippen molar-refractivity contribution in [2.75, 3.05) is 26.3 Å². The van der Waals surface area contributed by atoms with Gasteiger partial charge in [0, 0.05) is 38.4 Å². The minimum Gasteiger partial charge on any atom is -0.381 e. The van der Waals surface area contributed by atoms with E-state index in [1.54, 1.807) is 6.20 Å². The van der Waals surface area contributed by atoms with Crippen LogP contribution in [0.1, 0.15) is 44.3 Å². The van der Waals surface area contributed by atoms with Crippen molar-refractivity contribution in [2.24, 2.45) is 17.8 Å². The maximum Gasteiger partial charge on any atom is 0.226 e. The highest BCUT2D eigenvalue weighted by atomic mass is 16.5. The van der Waals surface area contributed by atoms with Gasteiger partial charge in [-0.15, -0.1) is 0 Å². The van der Waals surface area contributed by atoms with Gasteiger partial charge in [-0.25, -0.2) is 0 Å². The van der Waals surface area contributed by atoms with Crippen molar-refractivity contribution in [1.82, 2.24) is 20.0 Å². The lowest BCUT2D eigenvalue weighted by atomic mass is 10.0. The van der Waals surface area contributed by atoms with E-state index >= 15 is 0 Å². The van der Waals surface area contributed by atoms with Crippen molar-refractivity contribution in [3.63, 3.8) is 0 Å². The molecular formula is C19H28N4O3. The van der Waals surface area contributed by atoms with Crippen molar-refractivity contribution in [2.45, 2.75) is 45.2 Å². The quantitative estimate of drug-likeness (QED) is 0.860. The number of nitrogens with zero attached hydrogens (tertiary/aromatic N) is 3. The predicted molar refractivity (Wildman–Crippen MR) is 95.1 cm³/mol. The van der Waals surface area contributed by atoms with Crippen LogP contribution < -0.4 is 5.32 Å². The minimum atomic E-state index is -0.0820. The zero-order valence-corrected chi connectivity index (χ0v) is 15.4. The van der Waals surface area contributed by atoms with Gasteiger partial charge in [0.1, 0.15) is 0 Å². The molecule has 2 amide bonds. The average Bonchev–Trinajstić information content (AvgIpc) is 3.18.